The van der Waals surface area contributed by atoms with Crippen molar-refractivity contribution in [2.24, 2.45) is 5.73 Å². The van der Waals surface area contributed by atoms with Crippen LogP contribution in [-0.2, 0) is 4.74 Å². The normalized spacial score (nSPS) is 33.4. The molecule has 4 nitrogen and oxygen atoms in total. The highest BCUT2D eigenvalue weighted by Crippen LogP contribution is 2.34. The molecule has 0 radical (unpaired) electrons. The number of amides is 1. The maximum absolute atomic E-state index is 12.2. The van der Waals surface area contributed by atoms with E-state index in [0.29, 0.717) is 6.04 Å². The van der Waals surface area contributed by atoms with Crippen LogP contribution < -0.4 is 5.73 Å². The van der Waals surface area contributed by atoms with E-state index in [9.17, 15) is 4.79 Å². The van der Waals surface area contributed by atoms with E-state index < -0.39 is 5.60 Å². The first-order chi connectivity index (χ1) is 7.88. The highest BCUT2D eigenvalue weighted by molar-refractivity contribution is 5.69. The minimum Gasteiger partial charge on any atom is -0.444 e. The number of carbonyl (C=O) groups is 1. The van der Waals surface area contributed by atoms with Gasteiger partial charge in [0.1, 0.15) is 5.60 Å². The zero-order valence-corrected chi connectivity index (χ0v) is 11.1. The van der Waals surface area contributed by atoms with Gasteiger partial charge in [0.2, 0.25) is 0 Å². The van der Waals surface area contributed by atoms with E-state index >= 15 is 0 Å². The van der Waals surface area contributed by atoms with E-state index in [4.69, 9.17) is 10.5 Å². The van der Waals surface area contributed by atoms with Gasteiger partial charge in [-0.25, -0.2) is 4.79 Å². The number of rotatable bonds is 0. The molecule has 17 heavy (non-hydrogen) atoms. The second-order valence-electron chi connectivity index (χ2n) is 6.28. The van der Waals surface area contributed by atoms with Gasteiger partial charge >= 0.3 is 6.09 Å². The summed E-state index contributed by atoms with van der Waals surface area (Å²) in [6.07, 6.45) is 5.19. The van der Waals surface area contributed by atoms with Crippen LogP contribution in [0.3, 0.4) is 0 Å². The molecule has 2 fully saturated rings. The van der Waals surface area contributed by atoms with E-state index in [1.54, 1.807) is 0 Å². The molecule has 0 aromatic heterocycles. The Labute approximate surface area is 103 Å². The molecule has 1 amide bonds. The Morgan fingerprint density at radius 2 is 1.94 bits per heavy atom. The molecule has 0 saturated carbocycles. The van der Waals surface area contributed by atoms with Gasteiger partial charge in [-0.05, 0) is 52.9 Å². The van der Waals surface area contributed by atoms with Gasteiger partial charge in [0.05, 0.1) is 6.04 Å². The first-order valence-corrected chi connectivity index (χ1v) is 6.65. The van der Waals surface area contributed by atoms with Gasteiger partial charge in [-0.3, -0.25) is 0 Å². The minimum atomic E-state index is -0.424. The Morgan fingerprint density at radius 3 is 2.59 bits per heavy atom. The van der Waals surface area contributed by atoms with Crippen molar-refractivity contribution in [2.45, 2.75) is 76.6 Å². The van der Waals surface area contributed by atoms with Crippen molar-refractivity contribution in [1.82, 2.24) is 4.90 Å². The van der Waals surface area contributed by atoms with Crippen LogP contribution in [0.25, 0.3) is 0 Å². The Morgan fingerprint density at radius 1 is 1.24 bits per heavy atom. The van der Waals surface area contributed by atoms with Crippen molar-refractivity contribution in [3.05, 3.63) is 0 Å². The Kier molecular flexibility index (Phi) is 3.34. The average Bonchev–Trinajstić information content (AvgIpc) is 2.21. The molecule has 2 bridgehead atoms. The van der Waals surface area contributed by atoms with Crippen LogP contribution >= 0.6 is 0 Å². The molecular formula is C13H24N2O2. The predicted molar refractivity (Wildman–Crippen MR) is 66.7 cm³/mol. The van der Waals surface area contributed by atoms with E-state index in [-0.39, 0.29) is 18.2 Å². The number of nitrogens with two attached hydrogens (primary N) is 1. The predicted octanol–water partition coefficient (Wildman–Crippen LogP) is 2.27. The van der Waals surface area contributed by atoms with Crippen molar-refractivity contribution in [2.75, 3.05) is 0 Å². The maximum Gasteiger partial charge on any atom is 0.410 e. The van der Waals surface area contributed by atoms with Crippen molar-refractivity contribution >= 4 is 6.09 Å². The standard InChI is InChI=1S/C13H24N2O2/c1-13(2,3)17-12(16)15-9-5-4-6-11(15)10(14)8-7-9/h9-11H,4-8,14H2,1-3H3. The summed E-state index contributed by atoms with van der Waals surface area (Å²) in [5.41, 5.74) is 5.70. The summed E-state index contributed by atoms with van der Waals surface area (Å²) < 4.78 is 5.49. The molecule has 2 N–H and O–H groups in total. The lowest BCUT2D eigenvalue weighted by molar-refractivity contribution is -0.0230. The van der Waals surface area contributed by atoms with Crippen LogP contribution in [0.15, 0.2) is 0 Å². The Hall–Kier alpha value is -0.770. The number of nitrogens with zero attached hydrogens (tertiary/aromatic N) is 1. The average molecular weight is 240 g/mol. The minimum absolute atomic E-state index is 0.124. The molecule has 0 spiro atoms. The number of carbonyl (C=O) groups excluding carboxylic acids is 1. The SMILES string of the molecule is CC(C)(C)OC(=O)N1C2CCCC1C(N)CC2. The fraction of sp³-hybridized carbons (Fsp3) is 0.923. The van der Waals surface area contributed by atoms with E-state index in [1.807, 2.05) is 25.7 Å². The molecule has 4 heteroatoms. The highest BCUT2D eigenvalue weighted by atomic mass is 16.6. The summed E-state index contributed by atoms with van der Waals surface area (Å²) in [4.78, 5) is 14.1. The lowest BCUT2D eigenvalue weighted by Crippen LogP contribution is -2.61. The van der Waals surface area contributed by atoms with Crippen LogP contribution in [0.5, 0.6) is 0 Å². The molecule has 2 aliphatic heterocycles. The lowest BCUT2D eigenvalue weighted by Gasteiger charge is -2.48. The molecule has 3 atom stereocenters. The largest absolute Gasteiger partial charge is 0.444 e. The third-order valence-corrected chi connectivity index (χ3v) is 3.72. The maximum atomic E-state index is 12.2. The van der Waals surface area contributed by atoms with Gasteiger partial charge in [-0.15, -0.1) is 0 Å². The van der Waals surface area contributed by atoms with Gasteiger partial charge < -0.3 is 15.4 Å². The summed E-state index contributed by atoms with van der Waals surface area (Å²) in [5.74, 6) is 0. The van der Waals surface area contributed by atoms with Gasteiger partial charge in [0, 0.05) is 12.1 Å². The quantitative estimate of drug-likeness (QED) is 0.706. The molecule has 2 heterocycles. The third kappa shape index (κ3) is 2.73. The first-order valence-electron chi connectivity index (χ1n) is 6.65. The van der Waals surface area contributed by atoms with E-state index in [2.05, 4.69) is 0 Å². The van der Waals surface area contributed by atoms with Crippen LogP contribution in [0, 0.1) is 0 Å². The zero-order valence-electron chi connectivity index (χ0n) is 11.1. The second kappa shape index (κ2) is 4.48. The molecule has 0 aliphatic carbocycles. The first kappa shape index (κ1) is 12.7. The van der Waals surface area contributed by atoms with Crippen LogP contribution in [0.1, 0.15) is 52.9 Å². The molecule has 0 aromatic rings. The van der Waals surface area contributed by atoms with Crippen LogP contribution in [0.4, 0.5) is 4.79 Å². The Bertz CT molecular complexity index is 298. The van der Waals surface area contributed by atoms with Gasteiger partial charge in [-0.1, -0.05) is 0 Å². The molecule has 2 rings (SSSR count). The lowest BCUT2D eigenvalue weighted by atomic mass is 9.82. The van der Waals surface area contributed by atoms with Gasteiger partial charge in [0.15, 0.2) is 0 Å². The molecule has 2 saturated heterocycles. The fourth-order valence-corrected chi connectivity index (χ4v) is 2.99. The van der Waals surface area contributed by atoms with Gasteiger partial charge in [0.25, 0.3) is 0 Å². The number of hydrogen-bond acceptors (Lipinski definition) is 3. The van der Waals surface area contributed by atoms with Crippen LogP contribution in [0.2, 0.25) is 0 Å². The number of hydrogen-bond donors (Lipinski definition) is 1. The summed E-state index contributed by atoms with van der Waals surface area (Å²) in [5, 5.41) is 0. The Balaban J connectivity index is 2.10. The number of piperidine rings is 2. The summed E-state index contributed by atoms with van der Waals surface area (Å²) in [7, 11) is 0. The topological polar surface area (TPSA) is 55.6 Å². The number of fused-ring (bicyclic) bond motifs is 2. The molecular weight excluding hydrogens is 216 g/mol. The monoisotopic (exact) mass is 240 g/mol. The third-order valence-electron chi connectivity index (χ3n) is 3.72. The van der Waals surface area contributed by atoms with Crippen molar-refractivity contribution in [3.63, 3.8) is 0 Å². The second-order valence-corrected chi connectivity index (χ2v) is 6.28. The summed E-state index contributed by atoms with van der Waals surface area (Å²) in [6, 6.07) is 0.666. The zero-order chi connectivity index (χ0) is 12.6. The number of ether oxygens (including phenoxy) is 1. The van der Waals surface area contributed by atoms with Crippen molar-refractivity contribution in [1.29, 1.82) is 0 Å². The fourth-order valence-electron chi connectivity index (χ4n) is 2.99. The van der Waals surface area contributed by atoms with Crippen LogP contribution in [-0.4, -0.2) is 34.7 Å². The molecule has 0 aromatic carbocycles. The molecule has 2 aliphatic rings. The highest BCUT2D eigenvalue weighted by Gasteiger charge is 2.42. The molecule has 3 unspecified atom stereocenters. The van der Waals surface area contributed by atoms with E-state index in [0.717, 1.165) is 25.7 Å². The van der Waals surface area contributed by atoms with Crippen molar-refractivity contribution in [3.8, 4) is 0 Å². The summed E-state index contributed by atoms with van der Waals surface area (Å²) >= 11 is 0. The van der Waals surface area contributed by atoms with E-state index in [1.165, 1.54) is 6.42 Å². The van der Waals surface area contributed by atoms with Gasteiger partial charge in [-0.2, -0.15) is 0 Å². The summed E-state index contributed by atoms with van der Waals surface area (Å²) in [6.45, 7) is 5.72. The molecule has 98 valence electrons. The smallest absolute Gasteiger partial charge is 0.410 e. The van der Waals surface area contributed by atoms with Crippen molar-refractivity contribution < 1.29 is 9.53 Å².